The van der Waals surface area contributed by atoms with Gasteiger partial charge in [0.15, 0.2) is 0 Å². The molecule has 0 aromatic heterocycles. The Morgan fingerprint density at radius 2 is 1.95 bits per heavy atom. The average molecular weight is 333 g/mol. The van der Waals surface area contributed by atoms with Gasteiger partial charge in [-0.1, -0.05) is 46.3 Å². The number of aryl methyl sites for hydroxylation is 1. The maximum Gasteiger partial charge on any atom is 0.220 e. The molecule has 3 nitrogen and oxygen atoms in total. The Balaban J connectivity index is 1.80. The molecule has 0 heterocycles. The topological polar surface area (TPSA) is 55.1 Å². The normalized spacial score (nSPS) is 10.2. The Labute approximate surface area is 127 Å². The van der Waals surface area contributed by atoms with Gasteiger partial charge < -0.3 is 11.1 Å². The van der Waals surface area contributed by atoms with Gasteiger partial charge >= 0.3 is 0 Å². The number of carbonyl (C=O) groups excluding carboxylic acids is 1. The standard InChI is InChI=1S/C16H17BrN2O/c17-15-7-2-1-5-13(15)11-19-16(20)9-8-12-4-3-6-14(18)10-12/h1-7,10H,8-9,11,18H2,(H,19,20). The molecule has 0 saturated heterocycles. The third-order valence-electron chi connectivity index (χ3n) is 3.03. The molecule has 104 valence electrons. The molecule has 0 aliphatic heterocycles. The molecule has 4 heteroatoms. The molecule has 0 spiro atoms. The van der Waals surface area contributed by atoms with E-state index in [-0.39, 0.29) is 5.91 Å². The van der Waals surface area contributed by atoms with Crippen LogP contribution in [0.1, 0.15) is 17.5 Å². The highest BCUT2D eigenvalue weighted by Crippen LogP contribution is 2.15. The second kappa shape index (κ2) is 7.10. The number of amides is 1. The first-order chi connectivity index (χ1) is 9.65. The molecular formula is C16H17BrN2O. The molecular weight excluding hydrogens is 316 g/mol. The van der Waals surface area contributed by atoms with Crippen molar-refractivity contribution in [1.29, 1.82) is 0 Å². The third kappa shape index (κ3) is 4.38. The summed E-state index contributed by atoms with van der Waals surface area (Å²) in [5.41, 5.74) is 8.60. The smallest absolute Gasteiger partial charge is 0.220 e. The van der Waals surface area contributed by atoms with E-state index >= 15 is 0 Å². The van der Waals surface area contributed by atoms with Crippen LogP contribution in [0, 0.1) is 0 Å². The average Bonchev–Trinajstić information content (AvgIpc) is 2.44. The quantitative estimate of drug-likeness (QED) is 0.825. The molecule has 0 aliphatic carbocycles. The minimum Gasteiger partial charge on any atom is -0.399 e. The summed E-state index contributed by atoms with van der Waals surface area (Å²) < 4.78 is 1.01. The lowest BCUT2D eigenvalue weighted by Crippen LogP contribution is -2.23. The summed E-state index contributed by atoms with van der Waals surface area (Å²) in [4.78, 5) is 11.8. The molecule has 3 N–H and O–H groups in total. The summed E-state index contributed by atoms with van der Waals surface area (Å²) in [6.07, 6.45) is 1.17. The first-order valence-electron chi connectivity index (χ1n) is 6.49. The van der Waals surface area contributed by atoms with E-state index in [0.29, 0.717) is 19.4 Å². The molecule has 2 aromatic rings. The minimum absolute atomic E-state index is 0.0446. The number of carbonyl (C=O) groups is 1. The Morgan fingerprint density at radius 1 is 1.15 bits per heavy atom. The van der Waals surface area contributed by atoms with Gasteiger partial charge in [-0.15, -0.1) is 0 Å². The first-order valence-corrected chi connectivity index (χ1v) is 7.29. The monoisotopic (exact) mass is 332 g/mol. The molecule has 1 amide bonds. The van der Waals surface area contributed by atoms with Gasteiger partial charge in [-0.3, -0.25) is 4.79 Å². The molecule has 0 radical (unpaired) electrons. The highest BCUT2D eigenvalue weighted by molar-refractivity contribution is 9.10. The van der Waals surface area contributed by atoms with E-state index in [1.807, 2.05) is 48.5 Å². The van der Waals surface area contributed by atoms with E-state index in [0.717, 1.165) is 21.3 Å². The number of nitrogens with two attached hydrogens (primary N) is 1. The van der Waals surface area contributed by atoms with Crippen LogP contribution in [0.4, 0.5) is 5.69 Å². The van der Waals surface area contributed by atoms with Crippen molar-refractivity contribution in [3.05, 3.63) is 64.1 Å². The Kier molecular flexibility index (Phi) is 5.18. The van der Waals surface area contributed by atoms with Crippen molar-refractivity contribution in [3.8, 4) is 0 Å². The largest absolute Gasteiger partial charge is 0.399 e. The van der Waals surface area contributed by atoms with Crippen LogP contribution >= 0.6 is 15.9 Å². The predicted molar refractivity (Wildman–Crippen MR) is 85.2 cm³/mol. The Bertz CT molecular complexity index is 599. The maximum absolute atomic E-state index is 11.8. The molecule has 0 saturated carbocycles. The summed E-state index contributed by atoms with van der Waals surface area (Å²) in [7, 11) is 0. The van der Waals surface area contributed by atoms with Crippen molar-refractivity contribution in [2.24, 2.45) is 0 Å². The lowest BCUT2D eigenvalue weighted by Gasteiger charge is -2.07. The van der Waals surface area contributed by atoms with Gasteiger partial charge in [0.2, 0.25) is 5.91 Å². The van der Waals surface area contributed by atoms with E-state index < -0.39 is 0 Å². The van der Waals surface area contributed by atoms with Crippen LogP contribution in [0.3, 0.4) is 0 Å². The highest BCUT2D eigenvalue weighted by Gasteiger charge is 2.04. The molecule has 0 atom stereocenters. The van der Waals surface area contributed by atoms with Gasteiger partial charge in [-0.2, -0.15) is 0 Å². The van der Waals surface area contributed by atoms with Gasteiger partial charge in [-0.25, -0.2) is 0 Å². The number of halogens is 1. The second-order valence-corrected chi connectivity index (χ2v) is 5.47. The second-order valence-electron chi connectivity index (χ2n) is 4.61. The summed E-state index contributed by atoms with van der Waals surface area (Å²) in [6.45, 7) is 0.539. The number of anilines is 1. The van der Waals surface area contributed by atoms with E-state index in [1.165, 1.54) is 0 Å². The van der Waals surface area contributed by atoms with E-state index in [1.54, 1.807) is 0 Å². The number of hydrogen-bond acceptors (Lipinski definition) is 2. The van der Waals surface area contributed by atoms with Crippen molar-refractivity contribution in [3.63, 3.8) is 0 Å². The molecule has 20 heavy (non-hydrogen) atoms. The van der Waals surface area contributed by atoms with Crippen molar-refractivity contribution in [1.82, 2.24) is 5.32 Å². The van der Waals surface area contributed by atoms with Gasteiger partial charge in [0, 0.05) is 23.1 Å². The number of nitrogen functional groups attached to an aromatic ring is 1. The van der Waals surface area contributed by atoms with Gasteiger partial charge in [0.05, 0.1) is 0 Å². The van der Waals surface area contributed by atoms with Crippen LogP contribution in [-0.4, -0.2) is 5.91 Å². The maximum atomic E-state index is 11.8. The van der Waals surface area contributed by atoms with Crippen LogP contribution < -0.4 is 11.1 Å². The SMILES string of the molecule is Nc1cccc(CCC(=O)NCc2ccccc2Br)c1. The van der Waals surface area contributed by atoms with Gasteiger partial charge in [0.1, 0.15) is 0 Å². The molecule has 0 bridgehead atoms. The number of nitrogens with one attached hydrogen (secondary N) is 1. The van der Waals surface area contributed by atoms with E-state index in [2.05, 4.69) is 21.2 Å². The number of benzene rings is 2. The fourth-order valence-electron chi connectivity index (χ4n) is 1.93. The molecule has 2 rings (SSSR count). The molecule has 2 aromatic carbocycles. The summed E-state index contributed by atoms with van der Waals surface area (Å²) in [5.74, 6) is 0.0446. The molecule has 0 fully saturated rings. The number of rotatable bonds is 5. The zero-order valence-corrected chi connectivity index (χ0v) is 12.7. The third-order valence-corrected chi connectivity index (χ3v) is 3.80. The van der Waals surface area contributed by atoms with Crippen LogP contribution in [-0.2, 0) is 17.8 Å². The zero-order chi connectivity index (χ0) is 14.4. The van der Waals surface area contributed by atoms with Crippen LogP contribution in [0.2, 0.25) is 0 Å². The van der Waals surface area contributed by atoms with Crippen molar-refractivity contribution in [2.45, 2.75) is 19.4 Å². The Morgan fingerprint density at radius 3 is 2.70 bits per heavy atom. The summed E-state index contributed by atoms with van der Waals surface area (Å²) in [6, 6.07) is 15.5. The fourth-order valence-corrected chi connectivity index (χ4v) is 2.36. The van der Waals surface area contributed by atoms with Crippen LogP contribution in [0.15, 0.2) is 53.0 Å². The van der Waals surface area contributed by atoms with Gasteiger partial charge in [0.25, 0.3) is 0 Å². The zero-order valence-electron chi connectivity index (χ0n) is 11.1. The first kappa shape index (κ1) is 14.6. The number of hydrogen-bond donors (Lipinski definition) is 2. The van der Waals surface area contributed by atoms with Crippen LogP contribution in [0.5, 0.6) is 0 Å². The van der Waals surface area contributed by atoms with Gasteiger partial charge in [-0.05, 0) is 35.7 Å². The van der Waals surface area contributed by atoms with Crippen LogP contribution in [0.25, 0.3) is 0 Å². The lowest BCUT2D eigenvalue weighted by molar-refractivity contribution is -0.121. The minimum atomic E-state index is 0.0446. The fraction of sp³-hybridized carbons (Fsp3) is 0.188. The summed E-state index contributed by atoms with van der Waals surface area (Å²) >= 11 is 3.46. The van der Waals surface area contributed by atoms with Crippen molar-refractivity contribution >= 4 is 27.5 Å². The van der Waals surface area contributed by atoms with E-state index in [9.17, 15) is 4.79 Å². The lowest BCUT2D eigenvalue weighted by atomic mass is 10.1. The Hall–Kier alpha value is -1.81. The molecule has 0 unspecified atom stereocenters. The van der Waals surface area contributed by atoms with Crippen molar-refractivity contribution in [2.75, 3.05) is 5.73 Å². The van der Waals surface area contributed by atoms with E-state index in [4.69, 9.17) is 5.73 Å². The highest BCUT2D eigenvalue weighted by atomic mass is 79.9. The predicted octanol–water partition coefficient (Wildman–Crippen LogP) is 3.28. The molecule has 0 aliphatic rings. The van der Waals surface area contributed by atoms with Crippen molar-refractivity contribution < 1.29 is 4.79 Å². The summed E-state index contributed by atoms with van der Waals surface area (Å²) in [5, 5.41) is 2.92.